The topological polar surface area (TPSA) is 30.2 Å². The Kier molecular flexibility index (Phi) is 5.98. The zero-order valence-corrected chi connectivity index (χ0v) is 17.3. The van der Waals surface area contributed by atoms with Crippen molar-refractivity contribution in [2.24, 2.45) is 0 Å². The quantitative estimate of drug-likeness (QED) is 0.281. The summed E-state index contributed by atoms with van der Waals surface area (Å²) in [6, 6.07) is 9.91. The van der Waals surface area contributed by atoms with Gasteiger partial charge in [0.15, 0.2) is 5.76 Å². The fourth-order valence-electron chi connectivity index (χ4n) is 3.95. The molecule has 1 aliphatic rings. The molecule has 3 aromatic rings. The highest BCUT2D eigenvalue weighted by atomic mass is 32.1. The average Bonchev–Trinajstić information content (AvgIpc) is 2.93. The highest BCUT2D eigenvalue weighted by Crippen LogP contribution is 2.38. The Morgan fingerprint density at radius 3 is 2.71 bits per heavy atom. The molecule has 0 atom stereocenters. The Hall–Kier alpha value is -2.31. The van der Waals surface area contributed by atoms with Crippen LogP contribution >= 0.6 is 11.3 Å². The summed E-state index contributed by atoms with van der Waals surface area (Å²) in [5, 5.41) is 0.791. The maximum absolute atomic E-state index is 13.0. The van der Waals surface area contributed by atoms with Crippen LogP contribution in [0.1, 0.15) is 67.9 Å². The van der Waals surface area contributed by atoms with Crippen molar-refractivity contribution >= 4 is 21.4 Å². The summed E-state index contributed by atoms with van der Waals surface area (Å²) in [5.41, 5.74) is 2.84. The molecule has 0 radical (unpaired) electrons. The second-order valence-electron chi connectivity index (χ2n) is 7.49. The minimum absolute atomic E-state index is 0.204. The molecule has 1 aliphatic carbocycles. The normalized spacial score (nSPS) is 13.6. The van der Waals surface area contributed by atoms with E-state index in [4.69, 9.17) is 4.42 Å². The molecule has 0 amide bonds. The number of aryl methyl sites for hydroxylation is 2. The second-order valence-corrected chi connectivity index (χ2v) is 8.59. The molecule has 0 unspecified atom stereocenters. The molecule has 144 valence electrons. The number of fused-ring (bicyclic) bond motifs is 3. The van der Waals surface area contributed by atoms with Crippen LogP contribution in [0, 0.1) is 11.8 Å². The summed E-state index contributed by atoms with van der Waals surface area (Å²) in [5.74, 6) is 7.36. The van der Waals surface area contributed by atoms with Crippen LogP contribution in [0.25, 0.3) is 21.4 Å². The van der Waals surface area contributed by atoms with Gasteiger partial charge in [0.1, 0.15) is 0 Å². The van der Waals surface area contributed by atoms with E-state index in [0.29, 0.717) is 5.76 Å². The third kappa shape index (κ3) is 3.80. The first-order valence-electron chi connectivity index (χ1n) is 10.4. The van der Waals surface area contributed by atoms with Gasteiger partial charge in [-0.3, -0.25) is 0 Å². The first kappa shape index (κ1) is 19.0. The standard InChI is InChI=1S/C25H26O2S/c1-2-3-4-5-10-16-20-23(18-13-8-6-9-14-18)27-25(26)22-19-15-11-7-12-17-21(19)28-24(20)22/h6,8-9,13-14H,2-5,7,11-12,15,17H2,1H3. The number of rotatable bonds is 4. The predicted molar refractivity (Wildman–Crippen MR) is 118 cm³/mol. The first-order chi connectivity index (χ1) is 13.8. The molecule has 0 N–H and O–H groups in total. The number of hydrogen-bond acceptors (Lipinski definition) is 3. The van der Waals surface area contributed by atoms with Crippen LogP contribution in [-0.2, 0) is 12.8 Å². The molecular formula is C25H26O2S. The minimum Gasteiger partial charge on any atom is -0.421 e. The monoisotopic (exact) mass is 390 g/mol. The summed E-state index contributed by atoms with van der Waals surface area (Å²) >= 11 is 1.77. The summed E-state index contributed by atoms with van der Waals surface area (Å²) in [6.07, 6.45) is 10.0. The van der Waals surface area contributed by atoms with E-state index in [1.165, 1.54) is 36.1 Å². The summed E-state index contributed by atoms with van der Waals surface area (Å²) in [4.78, 5) is 14.3. The zero-order valence-electron chi connectivity index (χ0n) is 16.5. The van der Waals surface area contributed by atoms with Crippen molar-refractivity contribution < 1.29 is 4.42 Å². The largest absolute Gasteiger partial charge is 0.421 e. The maximum Gasteiger partial charge on any atom is 0.345 e. The highest BCUT2D eigenvalue weighted by molar-refractivity contribution is 7.19. The van der Waals surface area contributed by atoms with Gasteiger partial charge in [0.2, 0.25) is 0 Å². The van der Waals surface area contributed by atoms with Crippen LogP contribution in [-0.4, -0.2) is 0 Å². The SMILES string of the molecule is CCCCCC#Cc1c(-c2ccccc2)oc(=O)c2c3c(sc12)CCCCC3. The molecular weight excluding hydrogens is 364 g/mol. The van der Waals surface area contributed by atoms with Crippen molar-refractivity contribution in [3.8, 4) is 23.2 Å². The first-order valence-corrected chi connectivity index (χ1v) is 11.3. The second kappa shape index (κ2) is 8.80. The van der Waals surface area contributed by atoms with Crippen molar-refractivity contribution in [2.45, 2.75) is 64.7 Å². The average molecular weight is 391 g/mol. The Labute approximate surface area is 170 Å². The molecule has 0 saturated heterocycles. The smallest absolute Gasteiger partial charge is 0.345 e. The number of unbranched alkanes of at least 4 members (excludes halogenated alkanes) is 3. The summed E-state index contributed by atoms with van der Waals surface area (Å²) in [6.45, 7) is 2.20. The maximum atomic E-state index is 13.0. The molecule has 0 saturated carbocycles. The molecule has 1 aromatic carbocycles. The highest BCUT2D eigenvalue weighted by Gasteiger charge is 2.23. The van der Waals surface area contributed by atoms with Gasteiger partial charge in [0, 0.05) is 16.9 Å². The van der Waals surface area contributed by atoms with Crippen molar-refractivity contribution in [3.63, 3.8) is 0 Å². The van der Waals surface area contributed by atoms with Crippen molar-refractivity contribution in [2.75, 3.05) is 0 Å². The van der Waals surface area contributed by atoms with Gasteiger partial charge < -0.3 is 4.42 Å². The fraction of sp³-hybridized carbons (Fsp3) is 0.400. The molecule has 4 rings (SSSR count). The van der Waals surface area contributed by atoms with Gasteiger partial charge in [-0.2, -0.15) is 0 Å². The summed E-state index contributed by atoms with van der Waals surface area (Å²) in [7, 11) is 0. The van der Waals surface area contributed by atoms with Gasteiger partial charge in [0.25, 0.3) is 0 Å². The van der Waals surface area contributed by atoms with E-state index >= 15 is 0 Å². The van der Waals surface area contributed by atoms with E-state index in [1.807, 2.05) is 30.3 Å². The van der Waals surface area contributed by atoms with E-state index in [2.05, 4.69) is 18.8 Å². The zero-order chi connectivity index (χ0) is 19.3. The Balaban J connectivity index is 1.90. The molecule has 0 aliphatic heterocycles. The number of benzene rings is 1. The van der Waals surface area contributed by atoms with Gasteiger partial charge >= 0.3 is 5.63 Å². The van der Waals surface area contributed by atoms with E-state index in [1.54, 1.807) is 11.3 Å². The molecule has 2 heterocycles. The van der Waals surface area contributed by atoms with E-state index in [0.717, 1.165) is 53.3 Å². The van der Waals surface area contributed by atoms with Crippen molar-refractivity contribution in [1.29, 1.82) is 0 Å². The fourth-order valence-corrected chi connectivity index (χ4v) is 5.33. The molecule has 2 nitrogen and oxygen atoms in total. The number of thiophene rings is 1. The molecule has 28 heavy (non-hydrogen) atoms. The van der Waals surface area contributed by atoms with Crippen LogP contribution in [0.15, 0.2) is 39.5 Å². The van der Waals surface area contributed by atoms with Gasteiger partial charge in [-0.1, -0.05) is 68.4 Å². The molecule has 3 heteroatoms. The molecule has 0 bridgehead atoms. The van der Waals surface area contributed by atoms with Crippen molar-refractivity contribution in [3.05, 3.63) is 56.8 Å². The van der Waals surface area contributed by atoms with Crippen LogP contribution in [0.3, 0.4) is 0 Å². The minimum atomic E-state index is -0.204. The lowest BCUT2D eigenvalue weighted by atomic mass is 10.0. The third-order valence-electron chi connectivity index (χ3n) is 5.43. The van der Waals surface area contributed by atoms with Gasteiger partial charge in [0.05, 0.1) is 15.6 Å². The Bertz CT molecular complexity index is 1080. The predicted octanol–water partition coefficient (Wildman–Crippen LogP) is 6.72. The Morgan fingerprint density at radius 1 is 1.07 bits per heavy atom. The van der Waals surface area contributed by atoms with Crippen LogP contribution < -0.4 is 5.63 Å². The van der Waals surface area contributed by atoms with E-state index in [-0.39, 0.29) is 5.63 Å². The number of hydrogen-bond donors (Lipinski definition) is 0. The molecule has 0 spiro atoms. The van der Waals surface area contributed by atoms with E-state index < -0.39 is 0 Å². The Morgan fingerprint density at radius 2 is 1.89 bits per heavy atom. The lowest BCUT2D eigenvalue weighted by Crippen LogP contribution is -2.04. The molecule has 2 aromatic heterocycles. The van der Waals surface area contributed by atoms with Gasteiger partial charge in [-0.15, -0.1) is 11.3 Å². The van der Waals surface area contributed by atoms with E-state index in [9.17, 15) is 4.79 Å². The lowest BCUT2D eigenvalue weighted by molar-refractivity contribution is 0.533. The van der Waals surface area contributed by atoms with Crippen LogP contribution in [0.4, 0.5) is 0 Å². The van der Waals surface area contributed by atoms with Crippen LogP contribution in [0.2, 0.25) is 0 Å². The van der Waals surface area contributed by atoms with Gasteiger partial charge in [-0.25, -0.2) is 4.79 Å². The molecule has 0 fully saturated rings. The van der Waals surface area contributed by atoms with Crippen LogP contribution in [0.5, 0.6) is 0 Å². The summed E-state index contributed by atoms with van der Waals surface area (Å²) < 4.78 is 6.93. The van der Waals surface area contributed by atoms with Crippen molar-refractivity contribution in [1.82, 2.24) is 0 Å². The van der Waals surface area contributed by atoms with Gasteiger partial charge in [-0.05, 0) is 37.7 Å². The lowest BCUT2D eigenvalue weighted by Gasteiger charge is -2.05. The third-order valence-corrected chi connectivity index (χ3v) is 6.74.